The number of nitrogens with one attached hydrogen (secondary N) is 3. The maximum Gasteiger partial charge on any atom is 0.0452 e. The molecular formula is C28H43N5. The summed E-state index contributed by atoms with van der Waals surface area (Å²) in [7, 11) is 2.41. The van der Waals surface area contributed by atoms with Crippen LogP contribution in [0, 0.1) is 40.9 Å². The fraction of sp³-hybridized carbons (Fsp3) is 0.786. The number of benzene rings is 1. The van der Waals surface area contributed by atoms with Crippen LogP contribution in [0.4, 0.5) is 5.69 Å². The van der Waals surface area contributed by atoms with E-state index in [1.54, 1.807) is 0 Å². The summed E-state index contributed by atoms with van der Waals surface area (Å²) in [5, 5.41) is 11.6. The summed E-state index contributed by atoms with van der Waals surface area (Å²) >= 11 is 0. The zero-order valence-corrected chi connectivity index (χ0v) is 20.4. The number of fused-ring (bicyclic) bond motifs is 9. The van der Waals surface area contributed by atoms with Crippen LogP contribution in [0.2, 0.25) is 0 Å². The maximum atomic E-state index is 3.92. The summed E-state index contributed by atoms with van der Waals surface area (Å²) in [5.41, 5.74) is 1.96. The first-order chi connectivity index (χ1) is 16.3. The van der Waals surface area contributed by atoms with E-state index < -0.39 is 0 Å². The van der Waals surface area contributed by atoms with E-state index in [4.69, 9.17) is 0 Å². The lowest BCUT2D eigenvalue weighted by molar-refractivity contribution is -0.110. The average Bonchev–Trinajstić information content (AvgIpc) is 3.15. The summed E-state index contributed by atoms with van der Waals surface area (Å²) in [6.07, 6.45) is 5.59. The minimum absolute atomic E-state index is 0.502. The van der Waals surface area contributed by atoms with E-state index in [1.807, 2.05) is 0 Å². The Labute approximate surface area is 200 Å². The van der Waals surface area contributed by atoms with Crippen molar-refractivity contribution in [2.24, 2.45) is 40.9 Å². The summed E-state index contributed by atoms with van der Waals surface area (Å²) in [6, 6.07) is 12.7. The average molecular weight is 450 g/mol. The lowest BCUT2D eigenvalue weighted by Gasteiger charge is -2.67. The second-order valence-electron chi connectivity index (χ2n) is 12.2. The third kappa shape index (κ3) is 2.98. The number of likely N-dealkylation sites (tertiary alicyclic amines) is 1. The molecule has 1 aliphatic carbocycles. The smallest absolute Gasteiger partial charge is 0.0452 e. The van der Waals surface area contributed by atoms with Gasteiger partial charge in [-0.1, -0.05) is 18.2 Å². The Kier molecular flexibility index (Phi) is 5.27. The first kappa shape index (κ1) is 21.2. The SMILES string of the molecule is CN1CCC2C3CCNCC3C3(C2C1)C1CCNCC1N(c1ccccc1)C1CNCCC13. The summed E-state index contributed by atoms with van der Waals surface area (Å²) < 4.78 is 0. The van der Waals surface area contributed by atoms with E-state index in [1.165, 1.54) is 70.6 Å². The number of hydrogen-bond acceptors (Lipinski definition) is 5. The van der Waals surface area contributed by atoms with Gasteiger partial charge in [0.25, 0.3) is 0 Å². The standard InChI is InChI=1S/C28H43N5/c1-32-14-10-21-20-7-11-29-15-24(20)28(25(21)18-32)22-8-12-30-16-26(22)33(19-5-3-2-4-6-19)27-17-31-13-9-23(27)28/h2-6,20-27,29-31H,7-18H2,1H3. The molecule has 6 fully saturated rings. The van der Waals surface area contributed by atoms with Gasteiger partial charge in [0.2, 0.25) is 0 Å². The molecule has 7 rings (SSSR count). The van der Waals surface area contributed by atoms with Gasteiger partial charge in [-0.3, -0.25) is 0 Å². The molecule has 5 aliphatic heterocycles. The summed E-state index contributed by atoms with van der Waals surface area (Å²) in [6.45, 7) is 9.91. The lowest BCUT2D eigenvalue weighted by atomic mass is 9.47. The van der Waals surface area contributed by atoms with Crippen LogP contribution in [0.5, 0.6) is 0 Å². The van der Waals surface area contributed by atoms with Crippen LogP contribution >= 0.6 is 0 Å². The molecule has 0 bridgehead atoms. The maximum absolute atomic E-state index is 3.92. The fourth-order valence-corrected chi connectivity index (χ4v) is 10.4. The Balaban J connectivity index is 1.40. The topological polar surface area (TPSA) is 42.6 Å². The molecule has 3 N–H and O–H groups in total. The van der Waals surface area contributed by atoms with Crippen molar-refractivity contribution in [1.82, 2.24) is 20.9 Å². The van der Waals surface area contributed by atoms with Gasteiger partial charge < -0.3 is 25.8 Å². The number of nitrogens with zero attached hydrogens (tertiary/aromatic N) is 2. The number of rotatable bonds is 1. The minimum atomic E-state index is 0.502. The highest BCUT2D eigenvalue weighted by Crippen LogP contribution is 2.69. The van der Waals surface area contributed by atoms with Crippen molar-refractivity contribution in [3.05, 3.63) is 30.3 Å². The van der Waals surface area contributed by atoms with Crippen LogP contribution in [0.25, 0.3) is 0 Å². The first-order valence-corrected chi connectivity index (χ1v) is 13.9. The van der Waals surface area contributed by atoms with Gasteiger partial charge in [-0.15, -0.1) is 0 Å². The highest BCUT2D eigenvalue weighted by Gasteiger charge is 2.71. The van der Waals surface area contributed by atoms with Gasteiger partial charge in [0, 0.05) is 37.4 Å². The van der Waals surface area contributed by atoms with Gasteiger partial charge in [-0.05, 0) is 119 Å². The Hall–Kier alpha value is -1.14. The largest absolute Gasteiger partial charge is 0.362 e. The van der Waals surface area contributed by atoms with Gasteiger partial charge in [0.15, 0.2) is 0 Å². The molecule has 8 atom stereocenters. The number of anilines is 1. The van der Waals surface area contributed by atoms with Crippen molar-refractivity contribution in [2.45, 2.75) is 37.8 Å². The van der Waals surface area contributed by atoms with E-state index >= 15 is 0 Å². The Bertz CT molecular complexity index is 820. The third-order valence-electron chi connectivity index (χ3n) is 11.2. The molecule has 33 heavy (non-hydrogen) atoms. The van der Waals surface area contributed by atoms with Crippen molar-refractivity contribution in [3.8, 4) is 0 Å². The second kappa shape index (κ2) is 8.22. The Morgan fingerprint density at radius 1 is 0.727 bits per heavy atom. The van der Waals surface area contributed by atoms with Gasteiger partial charge in [-0.2, -0.15) is 0 Å². The molecule has 180 valence electrons. The molecule has 8 unspecified atom stereocenters. The normalized spacial score (nSPS) is 47.5. The highest BCUT2D eigenvalue weighted by molar-refractivity contribution is 5.51. The molecule has 1 spiro atoms. The number of para-hydroxylation sites is 1. The van der Waals surface area contributed by atoms with Crippen LogP contribution in [0.15, 0.2) is 30.3 Å². The van der Waals surface area contributed by atoms with Gasteiger partial charge in [0.05, 0.1) is 0 Å². The van der Waals surface area contributed by atoms with Gasteiger partial charge in [-0.25, -0.2) is 0 Å². The minimum Gasteiger partial charge on any atom is -0.362 e. The van der Waals surface area contributed by atoms with Crippen molar-refractivity contribution in [2.75, 3.05) is 64.3 Å². The third-order valence-corrected chi connectivity index (χ3v) is 11.2. The van der Waals surface area contributed by atoms with Crippen LogP contribution < -0.4 is 20.9 Å². The molecule has 5 saturated heterocycles. The second-order valence-corrected chi connectivity index (χ2v) is 12.2. The van der Waals surface area contributed by atoms with Crippen LogP contribution in [0.1, 0.15) is 25.7 Å². The molecule has 0 radical (unpaired) electrons. The Morgan fingerprint density at radius 2 is 1.36 bits per heavy atom. The van der Waals surface area contributed by atoms with Crippen LogP contribution in [0.3, 0.4) is 0 Å². The van der Waals surface area contributed by atoms with Crippen molar-refractivity contribution in [3.63, 3.8) is 0 Å². The molecule has 1 aromatic carbocycles. The van der Waals surface area contributed by atoms with Gasteiger partial charge >= 0.3 is 0 Å². The molecule has 1 aromatic rings. The van der Waals surface area contributed by atoms with Crippen molar-refractivity contribution in [1.29, 1.82) is 0 Å². The molecule has 0 amide bonds. The molecule has 6 aliphatic rings. The molecule has 5 heteroatoms. The van der Waals surface area contributed by atoms with E-state index in [0.29, 0.717) is 17.5 Å². The highest BCUT2D eigenvalue weighted by atomic mass is 15.3. The lowest BCUT2D eigenvalue weighted by Crippen LogP contribution is -2.74. The molecule has 5 nitrogen and oxygen atoms in total. The van der Waals surface area contributed by atoms with Crippen LogP contribution in [-0.4, -0.2) is 76.4 Å². The predicted molar refractivity (Wildman–Crippen MR) is 134 cm³/mol. The molecular weight excluding hydrogens is 406 g/mol. The first-order valence-electron chi connectivity index (χ1n) is 13.9. The summed E-state index contributed by atoms with van der Waals surface area (Å²) in [5.74, 6) is 5.31. The quantitative estimate of drug-likeness (QED) is 0.614. The Morgan fingerprint density at radius 3 is 2.09 bits per heavy atom. The zero-order valence-electron chi connectivity index (χ0n) is 20.4. The van der Waals surface area contributed by atoms with Crippen molar-refractivity contribution >= 4 is 5.69 Å². The predicted octanol–water partition coefficient (Wildman–Crippen LogP) is 2.26. The van der Waals surface area contributed by atoms with E-state index in [2.05, 4.69) is 63.1 Å². The monoisotopic (exact) mass is 449 g/mol. The molecule has 5 heterocycles. The molecule has 1 saturated carbocycles. The summed E-state index contributed by atoms with van der Waals surface area (Å²) in [4.78, 5) is 5.60. The fourth-order valence-electron chi connectivity index (χ4n) is 10.4. The van der Waals surface area contributed by atoms with E-state index in [9.17, 15) is 0 Å². The van der Waals surface area contributed by atoms with Gasteiger partial charge in [0.1, 0.15) is 0 Å². The van der Waals surface area contributed by atoms with E-state index in [-0.39, 0.29) is 0 Å². The van der Waals surface area contributed by atoms with Crippen molar-refractivity contribution < 1.29 is 0 Å². The number of piperidine rings is 5. The van der Waals surface area contributed by atoms with E-state index in [0.717, 1.165) is 48.6 Å². The number of hydrogen-bond donors (Lipinski definition) is 3. The molecule has 0 aromatic heterocycles. The zero-order chi connectivity index (χ0) is 22.0. The van der Waals surface area contributed by atoms with Crippen LogP contribution in [-0.2, 0) is 0 Å².